The van der Waals surface area contributed by atoms with Crippen LogP contribution in [-0.2, 0) is 36.4 Å². The molecule has 1 unspecified atom stereocenters. The first kappa shape index (κ1) is 46.0. The van der Waals surface area contributed by atoms with E-state index >= 15 is 0 Å². The molecule has 61 heavy (non-hydrogen) atoms. The number of unbranched alkanes of at least 4 members (excludes halogenated alkanes) is 2. The van der Waals surface area contributed by atoms with Gasteiger partial charge in [0.15, 0.2) is 16.4 Å². The molecular formula is C45H51N2O10S4+. The highest BCUT2D eigenvalue weighted by atomic mass is 32.2. The van der Waals surface area contributed by atoms with E-state index in [4.69, 9.17) is 0 Å². The van der Waals surface area contributed by atoms with Gasteiger partial charge in [-0.15, -0.1) is 0 Å². The minimum Gasteiger partial charge on any atom is -0.478 e. The van der Waals surface area contributed by atoms with Crippen LogP contribution in [0.5, 0.6) is 0 Å². The lowest BCUT2D eigenvalue weighted by Crippen LogP contribution is -2.32. The second kappa shape index (κ2) is 18.1. The van der Waals surface area contributed by atoms with E-state index in [0.717, 1.165) is 35.4 Å². The molecule has 4 aromatic carbocycles. The molecule has 0 aliphatic carbocycles. The number of hydrogen-bond acceptors (Lipinski definition) is 10. The number of thiol groups is 3. The summed E-state index contributed by atoms with van der Waals surface area (Å²) in [4.78, 5) is 37.6. The summed E-state index contributed by atoms with van der Waals surface area (Å²) < 4.78 is 64.0. The van der Waals surface area contributed by atoms with Crippen LogP contribution in [0.3, 0.4) is 0 Å². The number of ketones is 1. The maximum absolute atomic E-state index is 13.0. The minimum atomic E-state index is -4.82. The lowest BCUT2D eigenvalue weighted by Gasteiger charge is -2.27. The molecule has 4 aromatic rings. The van der Waals surface area contributed by atoms with Crippen molar-refractivity contribution in [2.45, 2.75) is 93.3 Å². The quantitative estimate of drug-likeness (QED) is 0.0244. The summed E-state index contributed by atoms with van der Waals surface area (Å²) >= 11 is 8.98. The Balaban J connectivity index is 1.58. The minimum absolute atomic E-state index is 0.0234. The summed E-state index contributed by atoms with van der Waals surface area (Å²) in [6, 6.07) is 11.9. The number of Topliss-reactive ketones (excluding diaryl/α,β-unsaturated/α-hetero) is 1. The largest absolute Gasteiger partial charge is 0.478 e. The number of carbonyl (C=O) groups excluding carboxylic acids is 1. The number of carboxylic acid groups (broad SMARTS) is 2. The fourth-order valence-electron chi connectivity index (χ4n) is 9.24. The number of rotatable bonds is 18. The van der Waals surface area contributed by atoms with E-state index in [1.165, 1.54) is 30.3 Å². The normalized spacial score (nSPS) is 18.0. The molecule has 0 spiro atoms. The van der Waals surface area contributed by atoms with Crippen molar-refractivity contribution >= 4 is 102 Å². The van der Waals surface area contributed by atoms with Gasteiger partial charge in [0.25, 0.3) is 10.1 Å². The summed E-state index contributed by atoms with van der Waals surface area (Å²) in [7, 11) is -7.91. The van der Waals surface area contributed by atoms with Crippen LogP contribution < -0.4 is 4.90 Å². The molecule has 2 heterocycles. The molecule has 2 aliphatic heterocycles. The van der Waals surface area contributed by atoms with Crippen molar-refractivity contribution in [3.8, 4) is 0 Å². The first-order valence-electron chi connectivity index (χ1n) is 20.1. The van der Waals surface area contributed by atoms with Gasteiger partial charge in [-0.2, -0.15) is 38.3 Å². The van der Waals surface area contributed by atoms with Crippen molar-refractivity contribution in [3.63, 3.8) is 0 Å². The van der Waals surface area contributed by atoms with E-state index in [2.05, 4.69) is 37.1 Å². The lowest BCUT2D eigenvalue weighted by atomic mass is 9.73. The zero-order valence-electron chi connectivity index (χ0n) is 34.5. The van der Waals surface area contributed by atoms with Crippen LogP contribution in [0.4, 0.5) is 11.4 Å². The van der Waals surface area contributed by atoms with Crippen LogP contribution in [-0.4, -0.2) is 84.2 Å². The summed E-state index contributed by atoms with van der Waals surface area (Å²) in [6.07, 6.45) is 10.5. The number of anilines is 1. The molecule has 6 rings (SSSR count). The number of nitrogens with zero attached hydrogens (tertiary/aromatic N) is 2. The van der Waals surface area contributed by atoms with Crippen LogP contribution >= 0.6 is 25.3 Å². The lowest BCUT2D eigenvalue weighted by molar-refractivity contribution is -0.437. The summed E-state index contributed by atoms with van der Waals surface area (Å²) in [5.41, 5.74) is 3.03. The van der Waals surface area contributed by atoms with Gasteiger partial charge in [-0.3, -0.25) is 4.55 Å². The van der Waals surface area contributed by atoms with Gasteiger partial charge in [-0.1, -0.05) is 44.9 Å². The highest BCUT2D eigenvalue weighted by Gasteiger charge is 2.49. The topological polar surface area (TPSA) is 186 Å². The van der Waals surface area contributed by atoms with Crippen LogP contribution in [0.1, 0.15) is 104 Å². The van der Waals surface area contributed by atoms with Crippen molar-refractivity contribution in [3.05, 3.63) is 94.7 Å². The zero-order chi connectivity index (χ0) is 44.6. The van der Waals surface area contributed by atoms with E-state index in [1.54, 1.807) is 25.1 Å². The number of fused-ring (bicyclic) bond motifs is 6. The molecule has 0 fully saturated rings. The molecule has 12 nitrogen and oxygen atoms in total. The van der Waals surface area contributed by atoms with Gasteiger partial charge in [0.2, 0.25) is 5.69 Å². The molecule has 0 bridgehead atoms. The smallest absolute Gasteiger partial charge is 0.335 e. The number of hydrogen-bond donors (Lipinski definition) is 6. The Hall–Kier alpha value is -4.48. The van der Waals surface area contributed by atoms with Gasteiger partial charge >= 0.3 is 11.9 Å². The second-order valence-electron chi connectivity index (χ2n) is 16.4. The highest BCUT2D eigenvalue weighted by Crippen LogP contribution is 2.53. The summed E-state index contributed by atoms with van der Waals surface area (Å²) in [6.45, 7) is 8.70. The number of aromatic carboxylic acids is 2. The fourth-order valence-corrected chi connectivity index (χ4v) is 10.8. The Labute approximate surface area is 368 Å². The van der Waals surface area contributed by atoms with Gasteiger partial charge in [0, 0.05) is 64.7 Å². The Morgan fingerprint density at radius 3 is 2.02 bits per heavy atom. The molecule has 0 saturated carbocycles. The van der Waals surface area contributed by atoms with Gasteiger partial charge < -0.3 is 19.9 Å². The number of allylic oxidation sites excluding steroid dienone is 4. The van der Waals surface area contributed by atoms with E-state index in [-0.39, 0.29) is 27.2 Å². The Morgan fingerprint density at radius 2 is 1.44 bits per heavy atom. The average Bonchev–Trinajstić information content (AvgIpc) is 3.56. The van der Waals surface area contributed by atoms with Crippen LogP contribution in [0, 0.1) is 0 Å². The van der Waals surface area contributed by atoms with E-state index in [1.807, 2.05) is 36.7 Å². The molecule has 324 valence electrons. The fraction of sp³-hybridized carbons (Fsp3) is 0.378. The van der Waals surface area contributed by atoms with E-state index in [9.17, 15) is 46.0 Å². The van der Waals surface area contributed by atoms with Gasteiger partial charge in [0.05, 0.1) is 21.4 Å². The predicted molar refractivity (Wildman–Crippen MR) is 246 cm³/mol. The standard InChI is InChI=1S/C45H50N2O10S4/c1-27(48)11-6-5-7-18-45(4)39(47(20-10-22-59)35-26-37(61(55,56)57)33-24-29(43(51)52)15-17-31(33)41(35)45)13-8-12-38-44(2,3)40-30-16-14-28(42(49)50)23-32(30)36(60(53)54)25-34(40)46(38)19-9-21-58/h8,12-17,23-26,60H,5-7,9-11,18-22H2,1-4H3,(H4-,49,50,51,52,55,56,57,58,59)/p+1. The highest BCUT2D eigenvalue weighted by molar-refractivity contribution is 7.86. The van der Waals surface area contributed by atoms with E-state index < -0.39 is 48.5 Å². The number of carbonyl (C=O) groups is 3. The average molecular weight is 908 g/mol. The van der Waals surface area contributed by atoms with Crippen molar-refractivity contribution < 1.29 is 50.6 Å². The van der Waals surface area contributed by atoms with Crippen molar-refractivity contribution in [2.24, 2.45) is 0 Å². The molecule has 0 saturated heterocycles. The van der Waals surface area contributed by atoms with Crippen molar-refractivity contribution in [1.29, 1.82) is 0 Å². The summed E-state index contributed by atoms with van der Waals surface area (Å²) in [5.74, 6) is -1.21. The van der Waals surface area contributed by atoms with Gasteiger partial charge in [-0.05, 0) is 97.4 Å². The maximum atomic E-state index is 13.0. The zero-order valence-corrected chi connectivity index (χ0v) is 38.0. The maximum Gasteiger partial charge on any atom is 0.335 e. The summed E-state index contributed by atoms with van der Waals surface area (Å²) in [5, 5.41) is 21.2. The third-order valence-corrected chi connectivity index (χ3v) is 14.3. The SMILES string of the molecule is CC(=O)CCCCCC1(C)C(/C=C/C=C2/N(CCCS)c3cc([SH](=O)=O)c4cc(C(=O)O)ccc4c3C2(C)C)=[N+](CCCS)c2cc(S(=O)(=O)O)c3cc(C(=O)O)ccc3c21. The van der Waals surface area contributed by atoms with Crippen LogP contribution in [0.15, 0.2) is 82.2 Å². The van der Waals surface area contributed by atoms with Crippen molar-refractivity contribution in [1.82, 2.24) is 0 Å². The number of benzene rings is 4. The molecule has 2 aliphatic rings. The van der Waals surface area contributed by atoms with Crippen LogP contribution in [0.2, 0.25) is 0 Å². The first-order valence-corrected chi connectivity index (χ1v) is 24.0. The molecule has 16 heteroatoms. The van der Waals surface area contributed by atoms with Gasteiger partial charge in [0.1, 0.15) is 17.2 Å². The Morgan fingerprint density at radius 1 is 0.820 bits per heavy atom. The van der Waals surface area contributed by atoms with E-state index in [0.29, 0.717) is 84.2 Å². The molecular weight excluding hydrogens is 857 g/mol. The number of carboxylic acids is 2. The molecule has 0 amide bonds. The first-order chi connectivity index (χ1) is 28.8. The molecule has 0 aromatic heterocycles. The Bertz CT molecular complexity index is 2760. The van der Waals surface area contributed by atoms with Crippen LogP contribution in [0.25, 0.3) is 21.5 Å². The third-order valence-electron chi connectivity index (χ3n) is 12.0. The molecule has 1 atom stereocenters. The van der Waals surface area contributed by atoms with Crippen molar-refractivity contribution in [2.75, 3.05) is 29.5 Å². The monoisotopic (exact) mass is 907 g/mol. The second-order valence-corrected chi connectivity index (χ2v) is 19.7. The molecule has 3 N–H and O–H groups in total. The third kappa shape index (κ3) is 8.79. The van der Waals surface area contributed by atoms with Gasteiger partial charge in [-0.25, -0.2) is 18.0 Å². The molecule has 0 radical (unpaired) electrons. The predicted octanol–water partition coefficient (Wildman–Crippen LogP) is 8.38. The Kier molecular flexibility index (Phi) is 13.6.